The first-order valence-electron chi connectivity index (χ1n) is 6.42. The van der Waals surface area contributed by atoms with Crippen LogP contribution in [-0.2, 0) is 0 Å². The molecule has 2 rings (SSSR count). The summed E-state index contributed by atoms with van der Waals surface area (Å²) in [5, 5.41) is 8.71. The zero-order chi connectivity index (χ0) is 15.4. The van der Waals surface area contributed by atoms with E-state index in [0.717, 1.165) is 6.07 Å². The molecule has 4 nitrogen and oxygen atoms in total. The monoisotopic (exact) mass is 286 g/mol. The zero-order valence-electron chi connectivity index (χ0n) is 11.8. The van der Waals surface area contributed by atoms with Gasteiger partial charge in [0.1, 0.15) is 11.5 Å². The highest BCUT2D eigenvalue weighted by Gasteiger charge is 2.08. The van der Waals surface area contributed by atoms with Crippen molar-refractivity contribution in [1.82, 2.24) is 0 Å². The van der Waals surface area contributed by atoms with Crippen LogP contribution in [0.2, 0.25) is 0 Å². The van der Waals surface area contributed by atoms with Gasteiger partial charge in [0.2, 0.25) is 0 Å². The van der Waals surface area contributed by atoms with E-state index in [-0.39, 0.29) is 17.4 Å². The quantitative estimate of drug-likeness (QED) is 0.866. The number of rotatable bonds is 4. The highest BCUT2D eigenvalue weighted by Crippen LogP contribution is 2.30. The number of benzene rings is 2. The molecule has 0 unspecified atom stereocenters. The lowest BCUT2D eigenvalue weighted by Crippen LogP contribution is -2.06. The van der Waals surface area contributed by atoms with Crippen molar-refractivity contribution < 1.29 is 13.9 Å². The first-order valence-corrected chi connectivity index (χ1v) is 6.42. The van der Waals surface area contributed by atoms with E-state index >= 15 is 0 Å². The predicted molar refractivity (Wildman–Crippen MR) is 77.8 cm³/mol. The fourth-order valence-electron chi connectivity index (χ4n) is 1.77. The number of nitrogens with two attached hydrogens (primary N) is 1. The largest absolute Gasteiger partial charge is 0.491 e. The third kappa shape index (κ3) is 3.86. The van der Waals surface area contributed by atoms with E-state index in [1.165, 1.54) is 12.1 Å². The Morgan fingerprint density at radius 1 is 1.14 bits per heavy atom. The minimum Gasteiger partial charge on any atom is -0.491 e. The molecule has 0 atom stereocenters. The van der Waals surface area contributed by atoms with Crippen molar-refractivity contribution >= 4 is 5.69 Å². The SMILES string of the molecule is CC(C)Oc1cc(N)cc(Oc2ccc(C#N)cc2F)c1. The van der Waals surface area contributed by atoms with Gasteiger partial charge in [-0.25, -0.2) is 4.39 Å². The molecule has 0 saturated carbocycles. The number of hydrogen-bond donors (Lipinski definition) is 1. The van der Waals surface area contributed by atoms with Gasteiger partial charge in [-0.05, 0) is 32.0 Å². The van der Waals surface area contributed by atoms with Crippen LogP contribution in [-0.4, -0.2) is 6.10 Å². The van der Waals surface area contributed by atoms with Gasteiger partial charge in [-0.3, -0.25) is 0 Å². The molecule has 108 valence electrons. The molecule has 5 heteroatoms. The summed E-state index contributed by atoms with van der Waals surface area (Å²) in [6, 6.07) is 10.7. The average molecular weight is 286 g/mol. The first kappa shape index (κ1) is 14.7. The van der Waals surface area contributed by atoms with Gasteiger partial charge >= 0.3 is 0 Å². The molecule has 2 aromatic carbocycles. The Labute approximate surface area is 122 Å². The van der Waals surface area contributed by atoms with Crippen LogP contribution in [0.3, 0.4) is 0 Å². The predicted octanol–water partition coefficient (Wildman–Crippen LogP) is 3.86. The smallest absolute Gasteiger partial charge is 0.167 e. The molecule has 0 aliphatic heterocycles. The lowest BCUT2D eigenvalue weighted by Gasteiger charge is -2.13. The van der Waals surface area contributed by atoms with Crippen LogP contribution in [0.15, 0.2) is 36.4 Å². The number of nitriles is 1. The molecule has 21 heavy (non-hydrogen) atoms. The standard InChI is InChI=1S/C16H15FN2O2/c1-10(2)20-13-6-12(19)7-14(8-13)21-16-4-3-11(9-18)5-15(16)17/h3-8,10H,19H2,1-2H3. The van der Waals surface area contributed by atoms with Crippen LogP contribution < -0.4 is 15.2 Å². The number of anilines is 1. The minimum atomic E-state index is -0.609. The van der Waals surface area contributed by atoms with E-state index in [0.29, 0.717) is 17.2 Å². The maximum Gasteiger partial charge on any atom is 0.167 e. The highest BCUT2D eigenvalue weighted by molar-refractivity contribution is 5.51. The molecular weight excluding hydrogens is 271 g/mol. The summed E-state index contributed by atoms with van der Waals surface area (Å²) in [5.74, 6) is 0.334. The second-order valence-corrected chi connectivity index (χ2v) is 4.76. The van der Waals surface area contributed by atoms with E-state index < -0.39 is 5.82 Å². The van der Waals surface area contributed by atoms with Gasteiger partial charge in [-0.2, -0.15) is 5.26 Å². The van der Waals surface area contributed by atoms with Gasteiger partial charge in [0.05, 0.1) is 17.7 Å². The molecule has 0 amide bonds. The minimum absolute atomic E-state index is 0.00806. The lowest BCUT2D eigenvalue weighted by atomic mass is 10.2. The molecule has 0 heterocycles. The Morgan fingerprint density at radius 2 is 1.86 bits per heavy atom. The van der Waals surface area contributed by atoms with Crippen molar-refractivity contribution in [3.63, 3.8) is 0 Å². The van der Waals surface area contributed by atoms with Crippen molar-refractivity contribution in [2.75, 3.05) is 5.73 Å². The molecule has 0 fully saturated rings. The van der Waals surface area contributed by atoms with Gasteiger partial charge in [-0.15, -0.1) is 0 Å². The van der Waals surface area contributed by atoms with Crippen LogP contribution in [0.25, 0.3) is 0 Å². The second-order valence-electron chi connectivity index (χ2n) is 4.76. The molecule has 0 bridgehead atoms. The summed E-state index contributed by atoms with van der Waals surface area (Å²) < 4.78 is 24.8. The third-order valence-electron chi connectivity index (χ3n) is 2.56. The fraction of sp³-hybridized carbons (Fsp3) is 0.188. The fourth-order valence-corrected chi connectivity index (χ4v) is 1.77. The van der Waals surface area contributed by atoms with Gasteiger partial charge in [0.15, 0.2) is 11.6 Å². The van der Waals surface area contributed by atoms with Crippen LogP contribution in [0.5, 0.6) is 17.2 Å². The van der Waals surface area contributed by atoms with E-state index in [1.807, 2.05) is 19.9 Å². The molecule has 2 N–H and O–H groups in total. The lowest BCUT2D eigenvalue weighted by molar-refractivity contribution is 0.241. The van der Waals surface area contributed by atoms with Crippen LogP contribution in [0, 0.1) is 17.1 Å². The van der Waals surface area contributed by atoms with Crippen LogP contribution in [0.1, 0.15) is 19.4 Å². The third-order valence-corrected chi connectivity index (χ3v) is 2.56. The van der Waals surface area contributed by atoms with Crippen molar-refractivity contribution in [3.05, 3.63) is 47.8 Å². The van der Waals surface area contributed by atoms with Crippen molar-refractivity contribution in [3.8, 4) is 23.3 Å². The van der Waals surface area contributed by atoms with Gasteiger partial charge in [0, 0.05) is 23.9 Å². The van der Waals surface area contributed by atoms with Gasteiger partial charge in [-0.1, -0.05) is 0 Å². The second kappa shape index (κ2) is 6.14. The highest BCUT2D eigenvalue weighted by atomic mass is 19.1. The van der Waals surface area contributed by atoms with Crippen LogP contribution >= 0.6 is 0 Å². The topological polar surface area (TPSA) is 68.3 Å². The van der Waals surface area contributed by atoms with E-state index in [2.05, 4.69) is 0 Å². The Bertz CT molecular complexity index is 693. The van der Waals surface area contributed by atoms with E-state index in [9.17, 15) is 4.39 Å². The molecule has 0 radical (unpaired) electrons. The van der Waals surface area contributed by atoms with E-state index in [1.54, 1.807) is 18.2 Å². The summed E-state index contributed by atoms with van der Waals surface area (Å²) in [6.45, 7) is 3.79. The molecule has 0 aliphatic rings. The summed E-state index contributed by atoms with van der Waals surface area (Å²) in [6.07, 6.45) is -0.00806. The number of halogens is 1. The Morgan fingerprint density at radius 3 is 2.48 bits per heavy atom. The van der Waals surface area contributed by atoms with E-state index in [4.69, 9.17) is 20.5 Å². The number of nitrogens with zero attached hydrogens (tertiary/aromatic N) is 1. The molecule has 0 aliphatic carbocycles. The summed E-state index contributed by atoms with van der Waals surface area (Å²) in [4.78, 5) is 0. The average Bonchev–Trinajstić information content (AvgIpc) is 2.39. The Hall–Kier alpha value is -2.74. The normalized spacial score (nSPS) is 10.2. The van der Waals surface area contributed by atoms with Crippen molar-refractivity contribution in [1.29, 1.82) is 5.26 Å². The molecule has 0 aromatic heterocycles. The van der Waals surface area contributed by atoms with Gasteiger partial charge < -0.3 is 15.2 Å². The number of ether oxygens (including phenoxy) is 2. The number of hydrogen-bond acceptors (Lipinski definition) is 4. The van der Waals surface area contributed by atoms with Crippen molar-refractivity contribution in [2.45, 2.75) is 20.0 Å². The van der Waals surface area contributed by atoms with Crippen molar-refractivity contribution in [2.24, 2.45) is 0 Å². The Kier molecular flexibility index (Phi) is 4.29. The molecule has 0 saturated heterocycles. The van der Waals surface area contributed by atoms with Crippen LogP contribution in [0.4, 0.5) is 10.1 Å². The molecule has 0 spiro atoms. The molecule has 2 aromatic rings. The molecular formula is C16H15FN2O2. The first-order chi connectivity index (χ1) is 9.97. The maximum absolute atomic E-state index is 13.8. The Balaban J connectivity index is 2.27. The maximum atomic E-state index is 13.8. The number of nitrogen functional groups attached to an aromatic ring is 1. The summed E-state index contributed by atoms with van der Waals surface area (Å²) in [7, 11) is 0. The zero-order valence-corrected chi connectivity index (χ0v) is 11.8. The summed E-state index contributed by atoms with van der Waals surface area (Å²) in [5.41, 5.74) is 6.46. The summed E-state index contributed by atoms with van der Waals surface area (Å²) >= 11 is 0. The van der Waals surface area contributed by atoms with Gasteiger partial charge in [0.25, 0.3) is 0 Å².